The molecular formula is C17H17NO4S. The van der Waals surface area contributed by atoms with Crippen LogP contribution in [0.2, 0.25) is 0 Å². The molecule has 2 N–H and O–H groups in total. The summed E-state index contributed by atoms with van der Waals surface area (Å²) in [5.74, 6) is -1.12. The normalized spacial score (nSPS) is 13.6. The number of rotatable bonds is 4. The standard InChI is InChI=1S/C17H17NO4S/c1-11-4-2-6-14(8-11)18-23(21,22)16-10-13(17(19)20)9-12-5-3-7-15(12)16/h2,4,6,8-10,18H,3,5,7H2,1H3,(H,19,20). The molecule has 0 aromatic heterocycles. The molecule has 2 aromatic rings. The quantitative estimate of drug-likeness (QED) is 0.902. The summed E-state index contributed by atoms with van der Waals surface area (Å²) >= 11 is 0. The lowest BCUT2D eigenvalue weighted by Gasteiger charge is -2.13. The van der Waals surface area contributed by atoms with Gasteiger partial charge in [-0.05, 0) is 67.1 Å². The third kappa shape index (κ3) is 3.07. The van der Waals surface area contributed by atoms with E-state index in [0.29, 0.717) is 18.5 Å². The summed E-state index contributed by atoms with van der Waals surface area (Å²) in [7, 11) is -3.82. The molecule has 0 amide bonds. The number of nitrogens with one attached hydrogen (secondary N) is 1. The molecule has 1 aliphatic carbocycles. The van der Waals surface area contributed by atoms with Gasteiger partial charge in [0.2, 0.25) is 0 Å². The van der Waals surface area contributed by atoms with Crippen molar-refractivity contribution in [2.24, 2.45) is 0 Å². The zero-order valence-electron chi connectivity index (χ0n) is 12.7. The maximum atomic E-state index is 12.7. The molecule has 0 radical (unpaired) electrons. The molecule has 0 fully saturated rings. The predicted octanol–water partition coefficient (Wildman–Crippen LogP) is 2.98. The Bertz CT molecular complexity index is 887. The van der Waals surface area contributed by atoms with E-state index < -0.39 is 16.0 Å². The second-order valence-electron chi connectivity index (χ2n) is 5.75. The van der Waals surface area contributed by atoms with Crippen LogP contribution >= 0.6 is 0 Å². The van der Waals surface area contributed by atoms with Gasteiger partial charge in [0.05, 0.1) is 10.5 Å². The minimum absolute atomic E-state index is 0.00951. The second kappa shape index (κ2) is 5.70. The van der Waals surface area contributed by atoms with Gasteiger partial charge in [-0.3, -0.25) is 4.72 Å². The third-order valence-electron chi connectivity index (χ3n) is 3.98. The highest BCUT2D eigenvalue weighted by molar-refractivity contribution is 7.92. The highest BCUT2D eigenvalue weighted by Crippen LogP contribution is 2.31. The van der Waals surface area contributed by atoms with Crippen LogP contribution in [0, 0.1) is 6.92 Å². The minimum Gasteiger partial charge on any atom is -0.478 e. The van der Waals surface area contributed by atoms with Crippen LogP contribution < -0.4 is 4.72 Å². The van der Waals surface area contributed by atoms with Gasteiger partial charge in [0.1, 0.15) is 0 Å². The van der Waals surface area contributed by atoms with Crippen LogP contribution in [0.15, 0.2) is 41.3 Å². The van der Waals surface area contributed by atoms with E-state index in [0.717, 1.165) is 23.1 Å². The maximum Gasteiger partial charge on any atom is 0.335 e. The topological polar surface area (TPSA) is 83.5 Å². The van der Waals surface area contributed by atoms with Crippen molar-refractivity contribution < 1.29 is 18.3 Å². The molecule has 0 atom stereocenters. The zero-order chi connectivity index (χ0) is 16.6. The van der Waals surface area contributed by atoms with Gasteiger partial charge in [0.15, 0.2) is 0 Å². The highest BCUT2D eigenvalue weighted by atomic mass is 32.2. The lowest BCUT2D eigenvalue weighted by Crippen LogP contribution is -2.16. The van der Waals surface area contributed by atoms with Gasteiger partial charge in [0, 0.05) is 5.69 Å². The number of fused-ring (bicyclic) bond motifs is 1. The first-order valence-electron chi connectivity index (χ1n) is 7.35. The molecule has 2 aromatic carbocycles. The Labute approximate surface area is 135 Å². The lowest BCUT2D eigenvalue weighted by atomic mass is 10.1. The summed E-state index contributed by atoms with van der Waals surface area (Å²) in [4.78, 5) is 11.3. The molecule has 0 aliphatic heterocycles. The SMILES string of the molecule is Cc1cccc(NS(=O)(=O)c2cc(C(=O)O)cc3c2CCC3)c1. The molecule has 0 saturated carbocycles. The number of aryl methyl sites for hydroxylation is 2. The van der Waals surface area contributed by atoms with Gasteiger partial charge < -0.3 is 5.11 Å². The van der Waals surface area contributed by atoms with Gasteiger partial charge in [-0.15, -0.1) is 0 Å². The number of hydrogen-bond acceptors (Lipinski definition) is 3. The summed E-state index contributed by atoms with van der Waals surface area (Å²) in [5, 5.41) is 9.22. The third-order valence-corrected chi connectivity index (χ3v) is 5.43. The molecule has 0 heterocycles. The van der Waals surface area contributed by atoms with Crippen LogP contribution in [0.4, 0.5) is 5.69 Å². The molecule has 120 valence electrons. The van der Waals surface area contributed by atoms with E-state index in [2.05, 4.69) is 4.72 Å². The fourth-order valence-electron chi connectivity index (χ4n) is 2.95. The van der Waals surface area contributed by atoms with Crippen molar-refractivity contribution in [3.05, 3.63) is 58.7 Å². The fraction of sp³-hybridized carbons (Fsp3) is 0.235. The van der Waals surface area contributed by atoms with E-state index in [1.165, 1.54) is 6.07 Å². The number of aromatic carboxylic acids is 1. The first-order chi connectivity index (χ1) is 10.9. The number of carboxylic acids is 1. The van der Waals surface area contributed by atoms with Crippen molar-refractivity contribution >= 4 is 21.7 Å². The van der Waals surface area contributed by atoms with E-state index in [1.54, 1.807) is 24.3 Å². The molecule has 5 nitrogen and oxygen atoms in total. The van der Waals surface area contributed by atoms with Crippen molar-refractivity contribution in [1.29, 1.82) is 0 Å². The molecule has 0 unspecified atom stereocenters. The first-order valence-corrected chi connectivity index (χ1v) is 8.84. The van der Waals surface area contributed by atoms with Crippen molar-refractivity contribution in [2.75, 3.05) is 4.72 Å². The number of carbonyl (C=O) groups is 1. The molecule has 6 heteroatoms. The Morgan fingerprint density at radius 3 is 2.65 bits per heavy atom. The molecule has 0 saturated heterocycles. The average molecular weight is 331 g/mol. The molecule has 0 spiro atoms. The van der Waals surface area contributed by atoms with E-state index >= 15 is 0 Å². The molecule has 0 bridgehead atoms. The van der Waals surface area contributed by atoms with Crippen molar-refractivity contribution in [2.45, 2.75) is 31.1 Å². The Balaban J connectivity index is 2.08. The van der Waals surface area contributed by atoms with Crippen LogP contribution in [0.3, 0.4) is 0 Å². The first kappa shape index (κ1) is 15.6. The van der Waals surface area contributed by atoms with Gasteiger partial charge >= 0.3 is 5.97 Å². The predicted molar refractivity (Wildman–Crippen MR) is 87.4 cm³/mol. The van der Waals surface area contributed by atoms with Gasteiger partial charge in [-0.1, -0.05) is 12.1 Å². The van der Waals surface area contributed by atoms with E-state index in [4.69, 9.17) is 0 Å². The van der Waals surface area contributed by atoms with E-state index in [1.807, 2.05) is 13.0 Å². The average Bonchev–Trinajstić information content (AvgIpc) is 2.93. The van der Waals surface area contributed by atoms with Crippen LogP contribution in [-0.2, 0) is 22.9 Å². The Hall–Kier alpha value is -2.34. The number of anilines is 1. The van der Waals surface area contributed by atoms with E-state index in [-0.39, 0.29) is 10.5 Å². The number of benzene rings is 2. The van der Waals surface area contributed by atoms with Crippen LogP contribution in [0.25, 0.3) is 0 Å². The number of sulfonamides is 1. The van der Waals surface area contributed by atoms with Crippen LogP contribution in [-0.4, -0.2) is 19.5 Å². The van der Waals surface area contributed by atoms with Crippen molar-refractivity contribution in [3.8, 4) is 0 Å². The highest BCUT2D eigenvalue weighted by Gasteiger charge is 2.26. The van der Waals surface area contributed by atoms with Crippen molar-refractivity contribution in [3.63, 3.8) is 0 Å². The monoisotopic (exact) mass is 331 g/mol. The molecule has 1 aliphatic rings. The number of hydrogen-bond donors (Lipinski definition) is 2. The minimum atomic E-state index is -3.82. The summed E-state index contributed by atoms with van der Waals surface area (Å²) in [6.45, 7) is 1.88. The largest absolute Gasteiger partial charge is 0.478 e. The summed E-state index contributed by atoms with van der Waals surface area (Å²) in [5.41, 5.74) is 2.96. The van der Waals surface area contributed by atoms with Gasteiger partial charge in [-0.25, -0.2) is 13.2 Å². The fourth-order valence-corrected chi connectivity index (χ4v) is 4.33. The van der Waals surface area contributed by atoms with Crippen LogP contribution in [0.5, 0.6) is 0 Å². The molecular weight excluding hydrogens is 314 g/mol. The summed E-state index contributed by atoms with van der Waals surface area (Å²) in [6.07, 6.45) is 2.20. The Kier molecular flexibility index (Phi) is 3.85. The molecule has 3 rings (SSSR count). The molecule has 23 heavy (non-hydrogen) atoms. The Morgan fingerprint density at radius 1 is 1.17 bits per heavy atom. The van der Waals surface area contributed by atoms with Gasteiger partial charge in [-0.2, -0.15) is 0 Å². The van der Waals surface area contributed by atoms with Crippen molar-refractivity contribution in [1.82, 2.24) is 0 Å². The van der Waals surface area contributed by atoms with Crippen LogP contribution in [0.1, 0.15) is 33.5 Å². The Morgan fingerprint density at radius 2 is 1.96 bits per heavy atom. The zero-order valence-corrected chi connectivity index (χ0v) is 13.5. The summed E-state index contributed by atoms with van der Waals surface area (Å²) in [6, 6.07) is 9.89. The smallest absolute Gasteiger partial charge is 0.335 e. The summed E-state index contributed by atoms with van der Waals surface area (Å²) < 4.78 is 28.0. The lowest BCUT2D eigenvalue weighted by molar-refractivity contribution is 0.0696. The second-order valence-corrected chi connectivity index (χ2v) is 7.40. The maximum absolute atomic E-state index is 12.7. The number of carboxylic acid groups (broad SMARTS) is 1. The van der Waals surface area contributed by atoms with E-state index in [9.17, 15) is 18.3 Å². The van der Waals surface area contributed by atoms with Gasteiger partial charge in [0.25, 0.3) is 10.0 Å².